The molecule has 0 radical (unpaired) electrons. The van der Waals surface area contributed by atoms with Gasteiger partial charge in [-0.1, -0.05) is 24.3 Å². The summed E-state index contributed by atoms with van der Waals surface area (Å²) in [6.07, 6.45) is 2.65. The number of benzene rings is 2. The number of nitrogens with one attached hydrogen (secondary N) is 1. The normalized spacial score (nSPS) is 14.2. The summed E-state index contributed by atoms with van der Waals surface area (Å²) in [4.78, 5) is 14.0. The highest BCUT2D eigenvalue weighted by Crippen LogP contribution is 2.32. The second-order valence-corrected chi connectivity index (χ2v) is 6.68. The SMILES string of the molecule is CC(NC(=O)Cc1cnn(-c2ccccc2)n1)c1ccc2c(c1)OCCCO2. The van der Waals surface area contributed by atoms with Gasteiger partial charge >= 0.3 is 0 Å². The molecular weight excluding hydrogens is 356 g/mol. The fourth-order valence-electron chi connectivity index (χ4n) is 3.05. The lowest BCUT2D eigenvalue weighted by Gasteiger charge is -2.16. The van der Waals surface area contributed by atoms with Crippen LogP contribution in [0.1, 0.15) is 30.6 Å². The number of nitrogens with zero attached hydrogens (tertiary/aromatic N) is 3. The number of hydrogen-bond acceptors (Lipinski definition) is 5. The van der Waals surface area contributed by atoms with E-state index in [1.54, 1.807) is 6.20 Å². The Morgan fingerprint density at radius 3 is 2.75 bits per heavy atom. The van der Waals surface area contributed by atoms with Gasteiger partial charge in [-0.25, -0.2) is 0 Å². The molecule has 1 N–H and O–H groups in total. The quantitative estimate of drug-likeness (QED) is 0.739. The maximum atomic E-state index is 12.4. The van der Waals surface area contributed by atoms with E-state index in [4.69, 9.17) is 9.47 Å². The molecule has 28 heavy (non-hydrogen) atoms. The van der Waals surface area contributed by atoms with Crippen LogP contribution in [0.5, 0.6) is 11.5 Å². The van der Waals surface area contributed by atoms with E-state index in [1.807, 2.05) is 55.5 Å². The first-order chi connectivity index (χ1) is 13.7. The van der Waals surface area contributed by atoms with Crippen LogP contribution >= 0.6 is 0 Å². The second-order valence-electron chi connectivity index (χ2n) is 6.68. The Kier molecular flexibility index (Phi) is 5.23. The van der Waals surface area contributed by atoms with E-state index < -0.39 is 0 Å². The maximum absolute atomic E-state index is 12.4. The fraction of sp³-hybridized carbons (Fsp3) is 0.286. The van der Waals surface area contributed by atoms with Crippen LogP contribution in [0.2, 0.25) is 0 Å². The summed E-state index contributed by atoms with van der Waals surface area (Å²) in [6, 6.07) is 15.2. The third-order valence-electron chi connectivity index (χ3n) is 4.52. The first-order valence-corrected chi connectivity index (χ1v) is 9.34. The van der Waals surface area contributed by atoms with E-state index >= 15 is 0 Å². The van der Waals surface area contributed by atoms with Gasteiger partial charge in [0.25, 0.3) is 0 Å². The zero-order chi connectivity index (χ0) is 19.3. The van der Waals surface area contributed by atoms with Gasteiger partial charge in [0.2, 0.25) is 5.91 Å². The Balaban J connectivity index is 1.39. The van der Waals surface area contributed by atoms with E-state index in [1.165, 1.54) is 4.80 Å². The minimum atomic E-state index is -0.158. The molecule has 2 heterocycles. The highest BCUT2D eigenvalue weighted by Gasteiger charge is 2.16. The van der Waals surface area contributed by atoms with Crippen molar-refractivity contribution in [2.75, 3.05) is 13.2 Å². The number of rotatable bonds is 5. The number of fused-ring (bicyclic) bond motifs is 1. The highest BCUT2D eigenvalue weighted by molar-refractivity contribution is 5.78. The van der Waals surface area contributed by atoms with Crippen molar-refractivity contribution < 1.29 is 14.3 Å². The molecule has 1 aliphatic heterocycles. The monoisotopic (exact) mass is 378 g/mol. The molecule has 0 saturated carbocycles. The van der Waals surface area contributed by atoms with Gasteiger partial charge in [0.1, 0.15) is 0 Å². The number of carbonyl (C=O) groups is 1. The van der Waals surface area contributed by atoms with Crippen molar-refractivity contribution in [1.82, 2.24) is 20.3 Å². The van der Waals surface area contributed by atoms with E-state index in [0.717, 1.165) is 29.2 Å². The van der Waals surface area contributed by atoms with Gasteiger partial charge in [-0.3, -0.25) is 4.79 Å². The summed E-state index contributed by atoms with van der Waals surface area (Å²) >= 11 is 0. The third-order valence-corrected chi connectivity index (χ3v) is 4.52. The summed E-state index contributed by atoms with van der Waals surface area (Å²) in [5, 5.41) is 11.6. The molecule has 0 aliphatic carbocycles. The van der Waals surface area contributed by atoms with Crippen molar-refractivity contribution in [2.45, 2.75) is 25.8 Å². The van der Waals surface area contributed by atoms with Gasteiger partial charge < -0.3 is 14.8 Å². The molecule has 1 unspecified atom stereocenters. The smallest absolute Gasteiger partial charge is 0.226 e. The second kappa shape index (κ2) is 8.12. The van der Waals surface area contributed by atoms with Crippen LogP contribution in [-0.4, -0.2) is 34.1 Å². The van der Waals surface area contributed by atoms with Gasteiger partial charge in [-0.05, 0) is 36.8 Å². The minimum absolute atomic E-state index is 0.111. The summed E-state index contributed by atoms with van der Waals surface area (Å²) in [7, 11) is 0. The number of para-hydroxylation sites is 1. The Bertz CT molecular complexity index is 955. The van der Waals surface area contributed by atoms with Gasteiger partial charge in [-0.2, -0.15) is 15.0 Å². The van der Waals surface area contributed by atoms with Gasteiger partial charge in [-0.15, -0.1) is 0 Å². The molecule has 1 aromatic heterocycles. The lowest BCUT2D eigenvalue weighted by Crippen LogP contribution is -2.28. The fourth-order valence-corrected chi connectivity index (χ4v) is 3.05. The van der Waals surface area contributed by atoms with Crippen molar-refractivity contribution >= 4 is 5.91 Å². The van der Waals surface area contributed by atoms with Crippen LogP contribution in [0.25, 0.3) is 5.69 Å². The molecule has 1 atom stereocenters. The molecule has 3 aromatic rings. The molecule has 4 rings (SSSR count). The van der Waals surface area contributed by atoms with Crippen LogP contribution < -0.4 is 14.8 Å². The molecule has 7 heteroatoms. The predicted molar refractivity (Wildman–Crippen MR) is 104 cm³/mol. The summed E-state index contributed by atoms with van der Waals surface area (Å²) in [5.41, 5.74) is 2.44. The maximum Gasteiger partial charge on any atom is 0.226 e. The van der Waals surface area contributed by atoms with E-state index in [9.17, 15) is 4.79 Å². The average Bonchev–Trinajstić information content (AvgIpc) is 3.04. The Morgan fingerprint density at radius 1 is 1.14 bits per heavy atom. The number of hydrogen-bond donors (Lipinski definition) is 1. The van der Waals surface area contributed by atoms with E-state index in [-0.39, 0.29) is 18.4 Å². The Hall–Kier alpha value is -3.35. The van der Waals surface area contributed by atoms with E-state index in [2.05, 4.69) is 15.5 Å². The molecule has 0 spiro atoms. The van der Waals surface area contributed by atoms with Crippen molar-refractivity contribution in [2.24, 2.45) is 0 Å². The van der Waals surface area contributed by atoms with Crippen molar-refractivity contribution in [3.05, 3.63) is 66.0 Å². The van der Waals surface area contributed by atoms with Crippen LogP contribution in [0, 0.1) is 0 Å². The molecule has 2 aromatic carbocycles. The molecule has 144 valence electrons. The van der Waals surface area contributed by atoms with Crippen LogP contribution in [0.3, 0.4) is 0 Å². The first kappa shape index (κ1) is 18.0. The number of amides is 1. The van der Waals surface area contributed by atoms with Crippen molar-refractivity contribution in [3.8, 4) is 17.2 Å². The molecule has 0 saturated heterocycles. The van der Waals surface area contributed by atoms with Crippen molar-refractivity contribution in [1.29, 1.82) is 0 Å². The van der Waals surface area contributed by atoms with Gasteiger partial charge in [0, 0.05) is 6.42 Å². The molecular formula is C21H22N4O3. The predicted octanol–water partition coefficient (Wildman–Crippen LogP) is 2.85. The molecule has 1 amide bonds. The molecule has 0 bridgehead atoms. The average molecular weight is 378 g/mol. The number of ether oxygens (including phenoxy) is 2. The molecule has 7 nitrogen and oxygen atoms in total. The Morgan fingerprint density at radius 2 is 1.93 bits per heavy atom. The summed E-state index contributed by atoms with van der Waals surface area (Å²) in [5.74, 6) is 1.36. The molecule has 1 aliphatic rings. The first-order valence-electron chi connectivity index (χ1n) is 9.34. The van der Waals surface area contributed by atoms with Crippen molar-refractivity contribution in [3.63, 3.8) is 0 Å². The molecule has 0 fully saturated rings. The van der Waals surface area contributed by atoms with Crippen LogP contribution in [0.15, 0.2) is 54.7 Å². The van der Waals surface area contributed by atoms with Crippen LogP contribution in [0.4, 0.5) is 0 Å². The van der Waals surface area contributed by atoms with Gasteiger partial charge in [0.15, 0.2) is 11.5 Å². The zero-order valence-electron chi connectivity index (χ0n) is 15.7. The standard InChI is InChI=1S/C21H22N4O3/c1-15(16-8-9-19-20(12-16)28-11-5-10-27-19)23-21(26)13-17-14-22-25(24-17)18-6-3-2-4-7-18/h2-4,6-9,12,14-15H,5,10-11,13H2,1H3,(H,23,26). The lowest BCUT2D eigenvalue weighted by molar-refractivity contribution is -0.121. The van der Waals surface area contributed by atoms with Gasteiger partial charge in [0.05, 0.1) is 43.3 Å². The minimum Gasteiger partial charge on any atom is -0.490 e. The Labute approximate surface area is 163 Å². The summed E-state index contributed by atoms with van der Waals surface area (Å²) in [6.45, 7) is 3.23. The van der Waals surface area contributed by atoms with Crippen LogP contribution in [-0.2, 0) is 11.2 Å². The third kappa shape index (κ3) is 4.14. The largest absolute Gasteiger partial charge is 0.490 e. The topological polar surface area (TPSA) is 78.3 Å². The van der Waals surface area contributed by atoms with E-state index in [0.29, 0.717) is 18.9 Å². The number of aromatic nitrogens is 3. The highest BCUT2D eigenvalue weighted by atomic mass is 16.5. The lowest BCUT2D eigenvalue weighted by atomic mass is 10.1. The number of carbonyl (C=O) groups excluding carboxylic acids is 1. The zero-order valence-corrected chi connectivity index (χ0v) is 15.7. The summed E-state index contributed by atoms with van der Waals surface area (Å²) < 4.78 is 11.4.